The Morgan fingerprint density at radius 3 is 1.91 bits per heavy atom. The molecule has 0 saturated carbocycles. The van der Waals surface area contributed by atoms with Gasteiger partial charge in [-0.1, -0.05) is 78.6 Å². The van der Waals surface area contributed by atoms with Gasteiger partial charge < -0.3 is 9.47 Å². The van der Waals surface area contributed by atoms with E-state index in [1.54, 1.807) is 0 Å². The second kappa shape index (κ2) is 16.8. The Labute approximate surface area is 138 Å². The molecule has 0 aliphatic carbocycles. The van der Waals surface area contributed by atoms with Crippen LogP contribution in [0.3, 0.4) is 0 Å². The molecule has 132 valence electrons. The predicted octanol–water partition coefficient (Wildman–Crippen LogP) is 5.66. The standard InChI is InChI=1S/C19H38O3/c1-4-7-9-10-11-12-13-14-15-18(21-16-6-3)19(20)22-17-8-5-2/h18H,4-17H2,1-3H3. The zero-order valence-corrected chi connectivity index (χ0v) is 15.2. The van der Waals surface area contributed by atoms with Gasteiger partial charge in [-0.25, -0.2) is 4.79 Å². The van der Waals surface area contributed by atoms with Crippen molar-refractivity contribution in [2.24, 2.45) is 0 Å². The van der Waals surface area contributed by atoms with E-state index in [-0.39, 0.29) is 12.1 Å². The average molecular weight is 315 g/mol. The molecule has 22 heavy (non-hydrogen) atoms. The average Bonchev–Trinajstić information content (AvgIpc) is 2.52. The maximum atomic E-state index is 12.0. The molecule has 0 N–H and O–H groups in total. The summed E-state index contributed by atoms with van der Waals surface area (Å²) >= 11 is 0. The first kappa shape index (κ1) is 21.4. The summed E-state index contributed by atoms with van der Waals surface area (Å²) in [6.45, 7) is 7.58. The van der Waals surface area contributed by atoms with Crippen molar-refractivity contribution in [1.82, 2.24) is 0 Å². The summed E-state index contributed by atoms with van der Waals surface area (Å²) in [5.74, 6) is -0.162. The minimum atomic E-state index is -0.350. The van der Waals surface area contributed by atoms with Crippen molar-refractivity contribution in [1.29, 1.82) is 0 Å². The van der Waals surface area contributed by atoms with Gasteiger partial charge in [0.1, 0.15) is 0 Å². The largest absolute Gasteiger partial charge is 0.464 e. The highest BCUT2D eigenvalue weighted by Crippen LogP contribution is 2.13. The summed E-state index contributed by atoms with van der Waals surface area (Å²) in [6.07, 6.45) is 13.6. The highest BCUT2D eigenvalue weighted by atomic mass is 16.6. The van der Waals surface area contributed by atoms with Crippen LogP contribution in [-0.2, 0) is 14.3 Å². The lowest BCUT2D eigenvalue weighted by atomic mass is 10.1. The summed E-state index contributed by atoms with van der Waals surface area (Å²) < 4.78 is 11.0. The molecule has 3 nitrogen and oxygen atoms in total. The molecule has 0 bridgehead atoms. The zero-order valence-electron chi connectivity index (χ0n) is 15.2. The molecule has 0 radical (unpaired) electrons. The van der Waals surface area contributed by atoms with Gasteiger partial charge in [0, 0.05) is 6.61 Å². The van der Waals surface area contributed by atoms with Gasteiger partial charge in [0.15, 0.2) is 6.10 Å². The van der Waals surface area contributed by atoms with Crippen LogP contribution in [0.15, 0.2) is 0 Å². The van der Waals surface area contributed by atoms with E-state index in [4.69, 9.17) is 9.47 Å². The topological polar surface area (TPSA) is 35.5 Å². The van der Waals surface area contributed by atoms with Crippen LogP contribution in [0.25, 0.3) is 0 Å². The number of unbranched alkanes of at least 4 members (excludes halogenated alkanes) is 8. The molecule has 0 saturated heterocycles. The van der Waals surface area contributed by atoms with Crippen LogP contribution in [0, 0.1) is 0 Å². The van der Waals surface area contributed by atoms with E-state index in [0.29, 0.717) is 13.2 Å². The lowest BCUT2D eigenvalue weighted by molar-refractivity contribution is -0.158. The minimum absolute atomic E-state index is 0.162. The molecule has 0 aliphatic heterocycles. The second-order valence-corrected chi connectivity index (χ2v) is 6.14. The van der Waals surface area contributed by atoms with Crippen molar-refractivity contribution in [3.05, 3.63) is 0 Å². The van der Waals surface area contributed by atoms with Crippen molar-refractivity contribution >= 4 is 5.97 Å². The van der Waals surface area contributed by atoms with E-state index < -0.39 is 0 Å². The lowest BCUT2D eigenvalue weighted by Gasteiger charge is -2.16. The van der Waals surface area contributed by atoms with E-state index >= 15 is 0 Å². The summed E-state index contributed by atoms with van der Waals surface area (Å²) in [7, 11) is 0. The van der Waals surface area contributed by atoms with Gasteiger partial charge in [0.25, 0.3) is 0 Å². The third kappa shape index (κ3) is 13.1. The molecule has 1 unspecified atom stereocenters. The van der Waals surface area contributed by atoms with Crippen LogP contribution >= 0.6 is 0 Å². The third-order valence-electron chi connectivity index (χ3n) is 3.85. The van der Waals surface area contributed by atoms with Gasteiger partial charge in [0.05, 0.1) is 6.61 Å². The molecule has 1 atom stereocenters. The Kier molecular flexibility index (Phi) is 16.4. The van der Waals surface area contributed by atoms with E-state index in [0.717, 1.165) is 32.1 Å². The van der Waals surface area contributed by atoms with Crippen LogP contribution in [0.4, 0.5) is 0 Å². The summed E-state index contributed by atoms with van der Waals surface area (Å²) in [5, 5.41) is 0. The van der Waals surface area contributed by atoms with E-state index in [1.165, 1.54) is 44.9 Å². The number of carbonyl (C=O) groups excluding carboxylic acids is 1. The van der Waals surface area contributed by atoms with Gasteiger partial charge in [-0.3, -0.25) is 0 Å². The van der Waals surface area contributed by atoms with Crippen molar-refractivity contribution in [3.8, 4) is 0 Å². The summed E-state index contributed by atoms with van der Waals surface area (Å²) in [6, 6.07) is 0. The molecule has 0 aliphatic rings. The van der Waals surface area contributed by atoms with Gasteiger partial charge in [-0.15, -0.1) is 0 Å². The van der Waals surface area contributed by atoms with E-state index in [2.05, 4.69) is 20.8 Å². The smallest absolute Gasteiger partial charge is 0.335 e. The van der Waals surface area contributed by atoms with Crippen molar-refractivity contribution in [3.63, 3.8) is 0 Å². The van der Waals surface area contributed by atoms with E-state index in [1.807, 2.05) is 0 Å². The molecular formula is C19H38O3. The number of hydrogen-bond donors (Lipinski definition) is 0. The van der Waals surface area contributed by atoms with Crippen LogP contribution in [0.2, 0.25) is 0 Å². The van der Waals surface area contributed by atoms with Crippen LogP contribution in [-0.4, -0.2) is 25.3 Å². The van der Waals surface area contributed by atoms with Gasteiger partial charge >= 0.3 is 5.97 Å². The Hall–Kier alpha value is -0.570. The monoisotopic (exact) mass is 314 g/mol. The van der Waals surface area contributed by atoms with Crippen molar-refractivity contribution in [2.45, 2.75) is 104 Å². The number of ether oxygens (including phenoxy) is 2. The van der Waals surface area contributed by atoms with E-state index in [9.17, 15) is 4.79 Å². The van der Waals surface area contributed by atoms with Crippen LogP contribution < -0.4 is 0 Å². The molecule has 0 spiro atoms. The molecule has 0 aromatic heterocycles. The fourth-order valence-corrected chi connectivity index (χ4v) is 2.40. The van der Waals surface area contributed by atoms with Crippen LogP contribution in [0.5, 0.6) is 0 Å². The number of esters is 1. The SMILES string of the molecule is CCCCCCCCCCC(OCCC)C(=O)OCCCC. The molecule has 0 aromatic carbocycles. The zero-order chi connectivity index (χ0) is 16.5. The second-order valence-electron chi connectivity index (χ2n) is 6.14. The highest BCUT2D eigenvalue weighted by molar-refractivity contribution is 5.74. The Balaban J connectivity index is 3.76. The maximum Gasteiger partial charge on any atom is 0.335 e. The Morgan fingerprint density at radius 2 is 1.32 bits per heavy atom. The maximum absolute atomic E-state index is 12.0. The molecule has 0 amide bonds. The number of hydrogen-bond acceptors (Lipinski definition) is 3. The first-order chi connectivity index (χ1) is 10.8. The Morgan fingerprint density at radius 1 is 0.727 bits per heavy atom. The summed E-state index contributed by atoms with van der Waals surface area (Å²) in [5.41, 5.74) is 0. The molecule has 3 heteroatoms. The highest BCUT2D eigenvalue weighted by Gasteiger charge is 2.19. The fourth-order valence-electron chi connectivity index (χ4n) is 2.40. The van der Waals surface area contributed by atoms with Gasteiger partial charge in [-0.05, 0) is 19.3 Å². The van der Waals surface area contributed by atoms with Gasteiger partial charge in [0.2, 0.25) is 0 Å². The first-order valence-corrected chi connectivity index (χ1v) is 9.54. The Bertz CT molecular complexity index is 241. The third-order valence-corrected chi connectivity index (χ3v) is 3.85. The molecule has 0 aromatic rings. The number of carbonyl (C=O) groups is 1. The quantitative estimate of drug-likeness (QED) is 0.272. The van der Waals surface area contributed by atoms with Crippen molar-refractivity contribution < 1.29 is 14.3 Å². The minimum Gasteiger partial charge on any atom is -0.464 e. The van der Waals surface area contributed by atoms with Crippen LogP contribution in [0.1, 0.15) is 97.8 Å². The predicted molar refractivity (Wildman–Crippen MR) is 93.1 cm³/mol. The number of rotatable bonds is 16. The molecule has 0 rings (SSSR count). The fraction of sp³-hybridized carbons (Fsp3) is 0.947. The molecule has 0 heterocycles. The van der Waals surface area contributed by atoms with Gasteiger partial charge in [-0.2, -0.15) is 0 Å². The normalized spacial score (nSPS) is 12.3. The molecular weight excluding hydrogens is 276 g/mol. The van der Waals surface area contributed by atoms with Crippen molar-refractivity contribution in [2.75, 3.05) is 13.2 Å². The first-order valence-electron chi connectivity index (χ1n) is 9.54. The lowest BCUT2D eigenvalue weighted by Crippen LogP contribution is -2.27. The summed E-state index contributed by atoms with van der Waals surface area (Å²) in [4.78, 5) is 12.0. The molecule has 0 fully saturated rings.